The Bertz CT molecular complexity index is 328. The largest absolute Gasteiger partial charge is 0.326 e. The highest BCUT2D eigenvalue weighted by Gasteiger charge is 2.01. The summed E-state index contributed by atoms with van der Waals surface area (Å²) in [4.78, 5) is 11.4. The molecule has 0 bridgehead atoms. The molecular weight excluding hydrogens is 256 g/mol. The van der Waals surface area contributed by atoms with Crippen LogP contribution in [0, 0.1) is 0 Å². The van der Waals surface area contributed by atoms with Crippen LogP contribution in [0.25, 0.3) is 0 Å². The molecule has 0 atom stereocenters. The molecule has 1 rings (SSSR count). The molecule has 15 heavy (non-hydrogen) atoms. The zero-order chi connectivity index (χ0) is 11.1. The molecule has 0 aromatic heterocycles. The highest BCUT2D eigenvalue weighted by molar-refractivity contribution is 9.10. The van der Waals surface area contributed by atoms with Crippen molar-refractivity contribution in [1.82, 2.24) is 5.32 Å². The lowest BCUT2D eigenvalue weighted by Gasteiger charge is -2.05. The minimum absolute atomic E-state index is 0.0587. The van der Waals surface area contributed by atoms with Gasteiger partial charge in [-0.2, -0.15) is 0 Å². The Hall–Kier alpha value is -0.870. The fraction of sp³-hybridized carbons (Fsp3) is 0.364. The van der Waals surface area contributed by atoms with E-state index in [0.717, 1.165) is 23.1 Å². The third-order valence-corrected chi connectivity index (χ3v) is 2.43. The minimum Gasteiger partial charge on any atom is -0.326 e. The van der Waals surface area contributed by atoms with Crippen molar-refractivity contribution in [3.63, 3.8) is 0 Å². The van der Waals surface area contributed by atoms with E-state index in [1.165, 1.54) is 0 Å². The maximum atomic E-state index is 11.4. The van der Waals surface area contributed by atoms with E-state index in [-0.39, 0.29) is 5.91 Å². The highest BCUT2D eigenvalue weighted by atomic mass is 79.9. The third-order valence-electron chi connectivity index (χ3n) is 1.94. The van der Waals surface area contributed by atoms with Gasteiger partial charge in [-0.3, -0.25) is 4.79 Å². The lowest BCUT2D eigenvalue weighted by atomic mass is 10.2. The quantitative estimate of drug-likeness (QED) is 0.807. The van der Waals surface area contributed by atoms with E-state index >= 15 is 0 Å². The summed E-state index contributed by atoms with van der Waals surface area (Å²) in [5, 5.41) is 5.85. The van der Waals surface area contributed by atoms with Crippen LogP contribution in [-0.2, 0) is 4.79 Å². The second kappa shape index (κ2) is 6.58. The molecule has 0 radical (unpaired) electrons. The van der Waals surface area contributed by atoms with Crippen molar-refractivity contribution in [3.05, 3.63) is 28.7 Å². The van der Waals surface area contributed by atoms with Gasteiger partial charge in [0.25, 0.3) is 0 Å². The van der Waals surface area contributed by atoms with E-state index < -0.39 is 0 Å². The van der Waals surface area contributed by atoms with Crippen LogP contribution in [0.2, 0.25) is 0 Å². The van der Waals surface area contributed by atoms with E-state index in [1.807, 2.05) is 31.3 Å². The van der Waals surface area contributed by atoms with Gasteiger partial charge in [0.15, 0.2) is 0 Å². The predicted octanol–water partition coefficient (Wildman–Crippen LogP) is 2.39. The number of amides is 1. The van der Waals surface area contributed by atoms with Crippen molar-refractivity contribution in [3.8, 4) is 0 Å². The van der Waals surface area contributed by atoms with Crippen LogP contribution in [0.15, 0.2) is 28.7 Å². The van der Waals surface area contributed by atoms with Crippen LogP contribution in [0.4, 0.5) is 5.69 Å². The molecule has 3 nitrogen and oxygen atoms in total. The molecule has 0 saturated carbocycles. The van der Waals surface area contributed by atoms with Crippen LogP contribution >= 0.6 is 15.9 Å². The van der Waals surface area contributed by atoms with Gasteiger partial charge in [-0.25, -0.2) is 0 Å². The Labute approximate surface area is 98.4 Å². The van der Waals surface area contributed by atoms with Gasteiger partial charge in [0.1, 0.15) is 0 Å². The first-order valence-corrected chi connectivity index (χ1v) is 5.71. The Balaban J connectivity index is 2.37. The third kappa shape index (κ3) is 4.95. The van der Waals surface area contributed by atoms with E-state index in [0.29, 0.717) is 6.42 Å². The number of hydrogen-bond acceptors (Lipinski definition) is 2. The Morgan fingerprint density at radius 1 is 1.47 bits per heavy atom. The highest BCUT2D eigenvalue weighted by Crippen LogP contribution is 2.15. The van der Waals surface area contributed by atoms with Crippen molar-refractivity contribution in [2.75, 3.05) is 18.9 Å². The fourth-order valence-electron chi connectivity index (χ4n) is 1.22. The molecular formula is C11H15BrN2O. The van der Waals surface area contributed by atoms with Gasteiger partial charge in [0.05, 0.1) is 0 Å². The van der Waals surface area contributed by atoms with Gasteiger partial charge in [-0.05, 0) is 38.2 Å². The standard InChI is InChI=1S/C11H15BrN2O/c1-13-7-3-6-11(15)14-10-5-2-4-9(12)8-10/h2,4-5,8,13H,3,6-7H2,1H3,(H,14,15). The maximum Gasteiger partial charge on any atom is 0.224 e. The van der Waals surface area contributed by atoms with E-state index in [1.54, 1.807) is 0 Å². The molecule has 0 spiro atoms. The number of carbonyl (C=O) groups excluding carboxylic acids is 1. The summed E-state index contributed by atoms with van der Waals surface area (Å²) in [6, 6.07) is 7.58. The van der Waals surface area contributed by atoms with Crippen molar-refractivity contribution >= 4 is 27.5 Å². The smallest absolute Gasteiger partial charge is 0.224 e. The average molecular weight is 271 g/mol. The topological polar surface area (TPSA) is 41.1 Å². The molecule has 0 aliphatic rings. The Kier molecular flexibility index (Phi) is 5.36. The number of halogens is 1. The molecule has 1 aromatic rings. The molecule has 0 aliphatic carbocycles. The fourth-order valence-corrected chi connectivity index (χ4v) is 1.61. The summed E-state index contributed by atoms with van der Waals surface area (Å²) in [7, 11) is 1.88. The normalized spacial score (nSPS) is 10.0. The predicted molar refractivity (Wildman–Crippen MR) is 65.9 cm³/mol. The van der Waals surface area contributed by atoms with Gasteiger partial charge in [0.2, 0.25) is 5.91 Å². The molecule has 0 unspecified atom stereocenters. The molecule has 0 fully saturated rings. The summed E-state index contributed by atoms with van der Waals surface area (Å²) < 4.78 is 0.968. The number of hydrogen-bond donors (Lipinski definition) is 2. The van der Waals surface area contributed by atoms with Crippen molar-refractivity contribution in [2.45, 2.75) is 12.8 Å². The molecule has 0 heterocycles. The Morgan fingerprint density at radius 3 is 2.93 bits per heavy atom. The minimum atomic E-state index is 0.0587. The van der Waals surface area contributed by atoms with Crippen LogP contribution in [0.3, 0.4) is 0 Å². The van der Waals surface area contributed by atoms with Gasteiger partial charge in [-0.15, -0.1) is 0 Å². The second-order valence-corrected chi connectivity index (χ2v) is 4.18. The molecule has 1 aromatic carbocycles. The van der Waals surface area contributed by atoms with Crippen LogP contribution < -0.4 is 10.6 Å². The van der Waals surface area contributed by atoms with Gasteiger partial charge >= 0.3 is 0 Å². The van der Waals surface area contributed by atoms with Gasteiger partial charge in [0, 0.05) is 16.6 Å². The van der Waals surface area contributed by atoms with Crippen molar-refractivity contribution in [1.29, 1.82) is 0 Å². The van der Waals surface area contributed by atoms with E-state index in [9.17, 15) is 4.79 Å². The summed E-state index contributed by atoms with van der Waals surface area (Å²) in [6.45, 7) is 0.867. The zero-order valence-electron chi connectivity index (χ0n) is 8.72. The number of nitrogens with one attached hydrogen (secondary N) is 2. The molecule has 4 heteroatoms. The van der Waals surface area contributed by atoms with Gasteiger partial charge < -0.3 is 10.6 Å². The second-order valence-electron chi connectivity index (χ2n) is 3.27. The van der Waals surface area contributed by atoms with E-state index in [2.05, 4.69) is 26.6 Å². The Morgan fingerprint density at radius 2 is 2.27 bits per heavy atom. The molecule has 82 valence electrons. The number of benzene rings is 1. The molecule has 2 N–H and O–H groups in total. The number of carbonyl (C=O) groups is 1. The number of anilines is 1. The average Bonchev–Trinajstić information content (AvgIpc) is 2.18. The SMILES string of the molecule is CNCCCC(=O)Nc1cccc(Br)c1. The molecule has 0 saturated heterocycles. The van der Waals surface area contributed by atoms with Crippen LogP contribution in [-0.4, -0.2) is 19.5 Å². The summed E-state index contributed by atoms with van der Waals surface area (Å²) in [6.07, 6.45) is 1.41. The van der Waals surface area contributed by atoms with Crippen molar-refractivity contribution < 1.29 is 4.79 Å². The summed E-state index contributed by atoms with van der Waals surface area (Å²) >= 11 is 3.35. The zero-order valence-corrected chi connectivity index (χ0v) is 10.3. The van der Waals surface area contributed by atoms with Crippen LogP contribution in [0.1, 0.15) is 12.8 Å². The lowest BCUT2D eigenvalue weighted by molar-refractivity contribution is -0.116. The molecule has 0 aliphatic heterocycles. The summed E-state index contributed by atoms with van der Waals surface area (Å²) in [5.41, 5.74) is 0.832. The first-order valence-electron chi connectivity index (χ1n) is 4.92. The van der Waals surface area contributed by atoms with Gasteiger partial charge in [-0.1, -0.05) is 22.0 Å². The monoisotopic (exact) mass is 270 g/mol. The first kappa shape index (κ1) is 12.2. The lowest BCUT2D eigenvalue weighted by Crippen LogP contribution is -2.15. The van der Waals surface area contributed by atoms with E-state index in [4.69, 9.17) is 0 Å². The maximum absolute atomic E-state index is 11.4. The van der Waals surface area contributed by atoms with Crippen LogP contribution in [0.5, 0.6) is 0 Å². The molecule has 1 amide bonds. The summed E-state index contributed by atoms with van der Waals surface area (Å²) in [5.74, 6) is 0.0587. The van der Waals surface area contributed by atoms with Crippen molar-refractivity contribution in [2.24, 2.45) is 0 Å². The number of rotatable bonds is 5. The first-order chi connectivity index (χ1) is 7.22.